The second-order valence-electron chi connectivity index (χ2n) is 4.96. The SMILES string of the molecule is Nc1cccc(F)c1COc1ccc2c(c1)CCC(=O)N2. The van der Waals surface area contributed by atoms with E-state index in [4.69, 9.17) is 10.5 Å². The number of hydrogen-bond acceptors (Lipinski definition) is 3. The zero-order valence-corrected chi connectivity index (χ0v) is 11.4. The average Bonchev–Trinajstić information content (AvgIpc) is 2.47. The van der Waals surface area contributed by atoms with Crippen LogP contribution in [0.5, 0.6) is 5.75 Å². The first-order valence-electron chi connectivity index (χ1n) is 6.72. The number of carbonyl (C=O) groups is 1. The molecule has 3 N–H and O–H groups in total. The number of fused-ring (bicyclic) bond motifs is 1. The molecule has 3 rings (SSSR count). The van der Waals surface area contributed by atoms with Gasteiger partial charge >= 0.3 is 0 Å². The fourth-order valence-electron chi connectivity index (χ4n) is 2.33. The standard InChI is InChI=1S/C16H15FN2O2/c17-13-2-1-3-14(18)12(13)9-21-11-5-6-15-10(8-11)4-7-16(20)19-15/h1-3,5-6,8H,4,7,9,18H2,(H,19,20). The van der Waals surface area contributed by atoms with Crippen LogP contribution in [0.2, 0.25) is 0 Å². The number of amides is 1. The van der Waals surface area contributed by atoms with Crippen molar-refractivity contribution in [1.82, 2.24) is 0 Å². The van der Waals surface area contributed by atoms with Crippen molar-refractivity contribution in [3.05, 3.63) is 53.3 Å². The maximum atomic E-state index is 13.7. The van der Waals surface area contributed by atoms with Gasteiger partial charge in [-0.2, -0.15) is 0 Å². The Labute approximate surface area is 121 Å². The summed E-state index contributed by atoms with van der Waals surface area (Å²) in [5, 5.41) is 2.80. The molecule has 0 saturated heterocycles. The molecule has 0 aliphatic carbocycles. The van der Waals surface area contributed by atoms with Gasteiger partial charge in [0.1, 0.15) is 18.2 Å². The molecule has 1 amide bonds. The summed E-state index contributed by atoms with van der Waals surface area (Å²) < 4.78 is 19.3. The molecule has 0 atom stereocenters. The van der Waals surface area contributed by atoms with Crippen molar-refractivity contribution in [1.29, 1.82) is 0 Å². The maximum Gasteiger partial charge on any atom is 0.224 e. The molecule has 4 nitrogen and oxygen atoms in total. The highest BCUT2D eigenvalue weighted by molar-refractivity contribution is 5.93. The van der Waals surface area contributed by atoms with Gasteiger partial charge in [-0.05, 0) is 42.3 Å². The van der Waals surface area contributed by atoms with Crippen LogP contribution in [0.1, 0.15) is 17.5 Å². The van der Waals surface area contributed by atoms with Gasteiger partial charge in [0.25, 0.3) is 0 Å². The molecule has 1 aliphatic rings. The normalized spacial score (nSPS) is 13.5. The van der Waals surface area contributed by atoms with Crippen LogP contribution in [0.3, 0.4) is 0 Å². The molecule has 21 heavy (non-hydrogen) atoms. The largest absolute Gasteiger partial charge is 0.489 e. The summed E-state index contributed by atoms with van der Waals surface area (Å²) in [5.41, 5.74) is 8.30. The lowest BCUT2D eigenvalue weighted by molar-refractivity contribution is -0.116. The van der Waals surface area contributed by atoms with Crippen molar-refractivity contribution >= 4 is 17.3 Å². The molecule has 0 aromatic heterocycles. The van der Waals surface area contributed by atoms with Crippen LogP contribution in [0.4, 0.5) is 15.8 Å². The van der Waals surface area contributed by atoms with Gasteiger partial charge in [0.05, 0.1) is 0 Å². The number of aryl methyl sites for hydroxylation is 1. The van der Waals surface area contributed by atoms with Gasteiger partial charge in [0, 0.05) is 23.4 Å². The smallest absolute Gasteiger partial charge is 0.224 e. The van der Waals surface area contributed by atoms with Crippen LogP contribution in [0, 0.1) is 5.82 Å². The number of anilines is 2. The van der Waals surface area contributed by atoms with Crippen LogP contribution in [0.15, 0.2) is 36.4 Å². The minimum atomic E-state index is -0.375. The van der Waals surface area contributed by atoms with Crippen LogP contribution in [-0.4, -0.2) is 5.91 Å². The molecule has 0 bridgehead atoms. The summed E-state index contributed by atoms with van der Waals surface area (Å²) in [5.74, 6) is 0.281. The van der Waals surface area contributed by atoms with E-state index in [1.54, 1.807) is 24.3 Å². The predicted octanol–water partition coefficient (Wildman–Crippen LogP) is 2.87. The van der Waals surface area contributed by atoms with E-state index in [1.165, 1.54) is 6.07 Å². The average molecular weight is 286 g/mol. The van der Waals surface area contributed by atoms with E-state index < -0.39 is 0 Å². The third-order valence-electron chi connectivity index (χ3n) is 3.51. The van der Waals surface area contributed by atoms with E-state index in [-0.39, 0.29) is 18.3 Å². The van der Waals surface area contributed by atoms with E-state index in [2.05, 4.69) is 5.32 Å². The zero-order valence-electron chi connectivity index (χ0n) is 11.4. The highest BCUT2D eigenvalue weighted by Gasteiger charge is 2.15. The topological polar surface area (TPSA) is 64.3 Å². The summed E-state index contributed by atoms with van der Waals surface area (Å²) in [6.07, 6.45) is 1.15. The lowest BCUT2D eigenvalue weighted by Crippen LogP contribution is -2.18. The lowest BCUT2D eigenvalue weighted by Gasteiger charge is -2.18. The van der Waals surface area contributed by atoms with Crippen LogP contribution in [0.25, 0.3) is 0 Å². The minimum absolute atomic E-state index is 0.0234. The first kappa shape index (κ1) is 13.4. The van der Waals surface area contributed by atoms with E-state index in [0.717, 1.165) is 11.3 Å². The number of nitrogens with two attached hydrogens (primary N) is 1. The Morgan fingerprint density at radius 1 is 1.24 bits per heavy atom. The first-order valence-corrected chi connectivity index (χ1v) is 6.72. The molecule has 0 spiro atoms. The number of ether oxygens (including phenoxy) is 1. The molecule has 108 valence electrons. The van der Waals surface area contributed by atoms with Crippen molar-refractivity contribution in [3.63, 3.8) is 0 Å². The van der Waals surface area contributed by atoms with Crippen molar-refractivity contribution in [2.75, 3.05) is 11.1 Å². The number of nitrogen functional groups attached to an aromatic ring is 1. The monoisotopic (exact) mass is 286 g/mol. The van der Waals surface area contributed by atoms with Gasteiger partial charge in [-0.1, -0.05) is 6.07 Å². The van der Waals surface area contributed by atoms with Crippen LogP contribution < -0.4 is 15.8 Å². The van der Waals surface area contributed by atoms with E-state index in [0.29, 0.717) is 29.8 Å². The van der Waals surface area contributed by atoms with Crippen LogP contribution in [-0.2, 0) is 17.8 Å². The summed E-state index contributed by atoms with van der Waals surface area (Å²) in [4.78, 5) is 11.3. The Morgan fingerprint density at radius 3 is 2.90 bits per heavy atom. The molecule has 1 heterocycles. The van der Waals surface area contributed by atoms with Crippen molar-refractivity contribution < 1.29 is 13.9 Å². The summed E-state index contributed by atoms with van der Waals surface area (Å²) in [7, 11) is 0. The van der Waals surface area contributed by atoms with Gasteiger partial charge < -0.3 is 15.8 Å². The molecule has 0 radical (unpaired) electrons. The van der Waals surface area contributed by atoms with Crippen molar-refractivity contribution in [2.24, 2.45) is 0 Å². The number of hydrogen-bond donors (Lipinski definition) is 2. The Morgan fingerprint density at radius 2 is 2.10 bits per heavy atom. The quantitative estimate of drug-likeness (QED) is 0.853. The summed E-state index contributed by atoms with van der Waals surface area (Å²) in [6.45, 7) is 0.0731. The van der Waals surface area contributed by atoms with Gasteiger partial charge in [-0.15, -0.1) is 0 Å². The zero-order chi connectivity index (χ0) is 14.8. The van der Waals surface area contributed by atoms with Gasteiger partial charge in [-0.3, -0.25) is 4.79 Å². The molecule has 5 heteroatoms. The molecular weight excluding hydrogens is 271 g/mol. The van der Waals surface area contributed by atoms with Crippen molar-refractivity contribution in [2.45, 2.75) is 19.4 Å². The summed E-state index contributed by atoms with van der Waals surface area (Å²) >= 11 is 0. The van der Waals surface area contributed by atoms with Gasteiger partial charge in [0.2, 0.25) is 5.91 Å². The summed E-state index contributed by atoms with van der Waals surface area (Å²) in [6, 6.07) is 9.98. The molecule has 0 saturated carbocycles. The fraction of sp³-hybridized carbons (Fsp3) is 0.188. The van der Waals surface area contributed by atoms with Gasteiger partial charge in [-0.25, -0.2) is 4.39 Å². The molecule has 2 aromatic carbocycles. The Balaban J connectivity index is 1.76. The van der Waals surface area contributed by atoms with E-state index in [1.807, 2.05) is 6.07 Å². The third-order valence-corrected chi connectivity index (χ3v) is 3.51. The molecular formula is C16H15FN2O2. The maximum absolute atomic E-state index is 13.7. The van der Waals surface area contributed by atoms with E-state index in [9.17, 15) is 9.18 Å². The number of nitrogens with one attached hydrogen (secondary N) is 1. The Hall–Kier alpha value is -2.56. The number of benzene rings is 2. The first-order chi connectivity index (χ1) is 10.1. The van der Waals surface area contributed by atoms with E-state index >= 15 is 0 Å². The number of rotatable bonds is 3. The third kappa shape index (κ3) is 2.81. The Kier molecular flexibility index (Phi) is 3.48. The number of halogens is 1. The Bertz CT molecular complexity index is 680. The molecule has 0 unspecified atom stereocenters. The fourth-order valence-corrected chi connectivity index (χ4v) is 2.33. The lowest BCUT2D eigenvalue weighted by atomic mass is 10.0. The molecule has 1 aliphatic heterocycles. The second kappa shape index (κ2) is 5.44. The van der Waals surface area contributed by atoms with Crippen LogP contribution >= 0.6 is 0 Å². The highest BCUT2D eigenvalue weighted by Crippen LogP contribution is 2.27. The van der Waals surface area contributed by atoms with Crippen molar-refractivity contribution in [3.8, 4) is 5.75 Å². The second-order valence-corrected chi connectivity index (χ2v) is 4.96. The minimum Gasteiger partial charge on any atom is -0.489 e. The highest BCUT2D eigenvalue weighted by atomic mass is 19.1. The van der Waals surface area contributed by atoms with Gasteiger partial charge in [0.15, 0.2) is 0 Å². The molecule has 2 aromatic rings. The number of carbonyl (C=O) groups excluding carboxylic acids is 1. The predicted molar refractivity (Wildman–Crippen MR) is 78.5 cm³/mol. The molecule has 0 fully saturated rings.